The van der Waals surface area contributed by atoms with Crippen molar-refractivity contribution in [1.29, 1.82) is 0 Å². The van der Waals surface area contributed by atoms with Gasteiger partial charge in [0.15, 0.2) is 0 Å². The van der Waals surface area contributed by atoms with Gasteiger partial charge in [0.25, 0.3) is 0 Å². The molecule has 8 nitrogen and oxygen atoms in total. The van der Waals surface area contributed by atoms with Gasteiger partial charge in [0, 0.05) is 47.6 Å². The van der Waals surface area contributed by atoms with Crippen molar-refractivity contribution in [2.75, 3.05) is 16.0 Å². The summed E-state index contributed by atoms with van der Waals surface area (Å²) in [5.41, 5.74) is 5.13. The minimum absolute atomic E-state index is 0.211. The van der Waals surface area contributed by atoms with Crippen molar-refractivity contribution in [1.82, 2.24) is 19.9 Å². The lowest BCUT2D eigenvalue weighted by atomic mass is 9.93. The molecule has 198 valence electrons. The normalized spacial score (nSPS) is 16.7. The lowest BCUT2D eigenvalue weighted by Gasteiger charge is -2.27. The summed E-state index contributed by atoms with van der Waals surface area (Å²) < 4.78 is 0. The van der Waals surface area contributed by atoms with Crippen molar-refractivity contribution in [3.05, 3.63) is 84.4 Å². The third-order valence-electron chi connectivity index (χ3n) is 6.46. The zero-order valence-electron chi connectivity index (χ0n) is 22.2. The first-order valence-corrected chi connectivity index (χ1v) is 13.4. The maximum Gasteiger partial charge on any atom is 0.229 e. The molecular weight excluding hydrogens is 486 g/mol. The molecule has 3 heterocycles. The van der Waals surface area contributed by atoms with Crippen LogP contribution in [0.1, 0.15) is 50.8 Å². The quantitative estimate of drug-likeness (QED) is 0.233. The van der Waals surface area contributed by atoms with E-state index in [0.29, 0.717) is 12.0 Å². The summed E-state index contributed by atoms with van der Waals surface area (Å²) in [7, 11) is 0. The van der Waals surface area contributed by atoms with Crippen molar-refractivity contribution >= 4 is 23.1 Å². The molecule has 1 aliphatic carbocycles. The minimum Gasteiger partial charge on any atom is -0.393 e. The average Bonchev–Trinajstić information content (AvgIpc) is 2.94. The fourth-order valence-corrected chi connectivity index (χ4v) is 4.50. The number of benzene rings is 1. The number of nitrogens with zero attached hydrogens (tertiary/aromatic N) is 4. The smallest absolute Gasteiger partial charge is 0.229 e. The van der Waals surface area contributed by atoms with E-state index in [2.05, 4.69) is 56.6 Å². The summed E-state index contributed by atoms with van der Waals surface area (Å²) in [4.78, 5) is 18.2. The van der Waals surface area contributed by atoms with Crippen LogP contribution in [-0.2, 0) is 0 Å². The first-order valence-electron chi connectivity index (χ1n) is 13.4. The molecule has 1 saturated carbocycles. The van der Waals surface area contributed by atoms with E-state index in [1.807, 2.05) is 54.6 Å². The van der Waals surface area contributed by atoms with Gasteiger partial charge in [0.05, 0.1) is 17.4 Å². The number of pyridine rings is 2. The largest absolute Gasteiger partial charge is 0.393 e. The lowest BCUT2D eigenvalue weighted by molar-refractivity contribution is 0.126. The van der Waals surface area contributed by atoms with Gasteiger partial charge in [-0.15, -0.1) is 0 Å². The Kier molecular flexibility index (Phi) is 8.29. The first kappa shape index (κ1) is 26.1. The molecule has 4 N–H and O–H groups in total. The number of rotatable bonds is 7. The standard InChI is InChI=1S/C31H33N7O/c1-21(2)35-26-16-18-32-25(19-26)11-8-22-6-9-24(10-7-22)37-31-34-20-28(29-5-3-4-17-33-29)30(38-31)36-23-12-14-27(39)15-13-23/h3-7,9-10,16-21,23,27,39H,12-15H2,1-2H3,(H,32,35)(H2,34,36,37,38). The predicted octanol–water partition coefficient (Wildman–Crippen LogP) is 5.61. The second-order valence-electron chi connectivity index (χ2n) is 10.0. The third kappa shape index (κ3) is 7.30. The third-order valence-corrected chi connectivity index (χ3v) is 6.46. The highest BCUT2D eigenvalue weighted by Crippen LogP contribution is 2.29. The van der Waals surface area contributed by atoms with Crippen molar-refractivity contribution in [3.63, 3.8) is 0 Å². The molecule has 0 amide bonds. The van der Waals surface area contributed by atoms with E-state index in [0.717, 1.165) is 65.4 Å². The molecular formula is C31H33N7O. The zero-order valence-corrected chi connectivity index (χ0v) is 22.2. The fraction of sp³-hybridized carbons (Fsp3) is 0.290. The van der Waals surface area contributed by atoms with Gasteiger partial charge in [-0.25, -0.2) is 9.97 Å². The van der Waals surface area contributed by atoms with E-state index in [-0.39, 0.29) is 12.1 Å². The van der Waals surface area contributed by atoms with Crippen molar-refractivity contribution in [2.45, 2.75) is 57.7 Å². The Labute approximate surface area is 229 Å². The Bertz CT molecular complexity index is 1440. The first-order chi connectivity index (χ1) is 19.0. The van der Waals surface area contributed by atoms with Crippen molar-refractivity contribution in [2.24, 2.45) is 0 Å². The molecule has 0 spiro atoms. The van der Waals surface area contributed by atoms with Crippen LogP contribution < -0.4 is 16.0 Å². The van der Waals surface area contributed by atoms with Crippen LogP contribution in [0.2, 0.25) is 0 Å². The van der Waals surface area contributed by atoms with Gasteiger partial charge in [-0.3, -0.25) is 4.98 Å². The molecule has 0 unspecified atom stereocenters. The van der Waals surface area contributed by atoms with E-state index in [1.54, 1.807) is 18.6 Å². The fourth-order valence-electron chi connectivity index (χ4n) is 4.50. The van der Waals surface area contributed by atoms with Crippen LogP contribution >= 0.6 is 0 Å². The topological polar surface area (TPSA) is 108 Å². The van der Waals surface area contributed by atoms with Crippen LogP contribution in [0.5, 0.6) is 0 Å². The summed E-state index contributed by atoms with van der Waals surface area (Å²) in [5.74, 6) is 7.54. The highest BCUT2D eigenvalue weighted by Gasteiger charge is 2.21. The molecule has 4 aromatic rings. The maximum absolute atomic E-state index is 9.90. The molecule has 1 aromatic carbocycles. The second-order valence-corrected chi connectivity index (χ2v) is 10.0. The molecule has 0 aliphatic heterocycles. The average molecular weight is 520 g/mol. The molecule has 3 aromatic heterocycles. The van der Waals surface area contributed by atoms with Gasteiger partial charge in [0.1, 0.15) is 11.5 Å². The highest BCUT2D eigenvalue weighted by molar-refractivity contribution is 5.73. The molecule has 8 heteroatoms. The summed E-state index contributed by atoms with van der Waals surface area (Å²) in [5, 5.41) is 20.1. The lowest BCUT2D eigenvalue weighted by Crippen LogP contribution is -2.29. The summed E-state index contributed by atoms with van der Waals surface area (Å²) in [6, 6.07) is 18.1. The molecule has 1 fully saturated rings. The molecule has 0 bridgehead atoms. The van der Waals surface area contributed by atoms with E-state index < -0.39 is 0 Å². The SMILES string of the molecule is CC(C)Nc1ccnc(C#Cc2ccc(Nc3ncc(-c4ccccn4)c(NC4CCC(O)CC4)n3)cc2)c1. The second kappa shape index (κ2) is 12.4. The Morgan fingerprint density at radius 2 is 1.69 bits per heavy atom. The predicted molar refractivity (Wildman–Crippen MR) is 156 cm³/mol. The Hall–Kier alpha value is -4.48. The number of hydrogen-bond donors (Lipinski definition) is 4. The number of hydrogen-bond acceptors (Lipinski definition) is 8. The Morgan fingerprint density at radius 3 is 2.44 bits per heavy atom. The van der Waals surface area contributed by atoms with Crippen LogP contribution in [0.3, 0.4) is 0 Å². The summed E-state index contributed by atoms with van der Waals surface area (Å²) in [6.07, 6.45) is 8.49. The van der Waals surface area contributed by atoms with Gasteiger partial charge >= 0.3 is 0 Å². The Morgan fingerprint density at radius 1 is 0.872 bits per heavy atom. The summed E-state index contributed by atoms with van der Waals surface area (Å²) in [6.45, 7) is 4.20. The molecule has 0 radical (unpaired) electrons. The number of aliphatic hydroxyl groups is 1. The van der Waals surface area contributed by atoms with Crippen LogP contribution in [0.4, 0.5) is 23.1 Å². The van der Waals surface area contributed by atoms with Gasteiger partial charge in [0.2, 0.25) is 5.95 Å². The van der Waals surface area contributed by atoms with E-state index >= 15 is 0 Å². The minimum atomic E-state index is -0.211. The van der Waals surface area contributed by atoms with E-state index in [4.69, 9.17) is 4.98 Å². The van der Waals surface area contributed by atoms with Crippen molar-refractivity contribution < 1.29 is 5.11 Å². The van der Waals surface area contributed by atoms with Crippen LogP contribution in [0.25, 0.3) is 11.3 Å². The molecule has 1 aliphatic rings. The Balaban J connectivity index is 1.31. The number of aliphatic hydroxyl groups excluding tert-OH is 1. The molecule has 39 heavy (non-hydrogen) atoms. The van der Waals surface area contributed by atoms with Gasteiger partial charge < -0.3 is 21.1 Å². The highest BCUT2D eigenvalue weighted by atomic mass is 16.3. The summed E-state index contributed by atoms with van der Waals surface area (Å²) >= 11 is 0. The van der Waals surface area contributed by atoms with Gasteiger partial charge in [-0.1, -0.05) is 12.0 Å². The van der Waals surface area contributed by atoms with E-state index in [1.165, 1.54) is 0 Å². The number of aromatic nitrogens is 4. The molecule has 0 saturated heterocycles. The van der Waals surface area contributed by atoms with Gasteiger partial charge in [-0.2, -0.15) is 4.98 Å². The number of nitrogens with one attached hydrogen (secondary N) is 3. The van der Waals surface area contributed by atoms with Crippen LogP contribution in [-0.4, -0.2) is 43.2 Å². The molecule has 5 rings (SSSR count). The van der Waals surface area contributed by atoms with Crippen molar-refractivity contribution in [3.8, 4) is 23.1 Å². The monoisotopic (exact) mass is 519 g/mol. The maximum atomic E-state index is 9.90. The number of anilines is 4. The van der Waals surface area contributed by atoms with Crippen LogP contribution in [0, 0.1) is 11.8 Å². The zero-order chi connectivity index (χ0) is 27.0. The molecule has 0 atom stereocenters. The van der Waals surface area contributed by atoms with Crippen LogP contribution in [0.15, 0.2) is 73.2 Å². The van der Waals surface area contributed by atoms with Gasteiger partial charge in [-0.05, 0) is 94.0 Å². The van der Waals surface area contributed by atoms with E-state index in [9.17, 15) is 5.11 Å².